The van der Waals surface area contributed by atoms with Crippen LogP contribution in [0, 0.1) is 11.2 Å². The van der Waals surface area contributed by atoms with Gasteiger partial charge in [-0.15, -0.1) is 0 Å². The van der Waals surface area contributed by atoms with Gasteiger partial charge in [-0.25, -0.2) is 4.39 Å². The van der Waals surface area contributed by atoms with Crippen LogP contribution in [0.5, 0.6) is 0 Å². The summed E-state index contributed by atoms with van der Waals surface area (Å²) in [6, 6.07) is 4.22. The highest BCUT2D eigenvalue weighted by atomic mass is 19.1. The molecule has 1 aromatic carbocycles. The fourth-order valence-corrected chi connectivity index (χ4v) is 2.16. The fourth-order valence-electron chi connectivity index (χ4n) is 2.16. The van der Waals surface area contributed by atoms with E-state index < -0.39 is 5.82 Å². The van der Waals surface area contributed by atoms with Crippen LogP contribution in [0.3, 0.4) is 0 Å². The minimum Gasteiger partial charge on any atom is -0.384 e. The molecule has 2 rings (SSSR count). The van der Waals surface area contributed by atoms with Gasteiger partial charge >= 0.3 is 0 Å². The third kappa shape index (κ3) is 4.01. The van der Waals surface area contributed by atoms with E-state index in [1.165, 1.54) is 18.6 Å². The van der Waals surface area contributed by atoms with E-state index in [9.17, 15) is 4.39 Å². The smallest absolute Gasteiger partial charge is 0.123 e. The maximum atomic E-state index is 13.1. The van der Waals surface area contributed by atoms with E-state index in [4.69, 9.17) is 20.6 Å². The van der Waals surface area contributed by atoms with Gasteiger partial charge in [-0.2, -0.15) is 0 Å². The van der Waals surface area contributed by atoms with Crippen LogP contribution < -0.4 is 5.73 Å². The Labute approximate surface area is 112 Å². The summed E-state index contributed by atoms with van der Waals surface area (Å²) in [5, 5.41) is 7.44. The average molecular weight is 266 g/mol. The third-order valence-corrected chi connectivity index (χ3v) is 3.20. The van der Waals surface area contributed by atoms with Crippen molar-refractivity contribution in [3.63, 3.8) is 0 Å². The van der Waals surface area contributed by atoms with Crippen LogP contribution >= 0.6 is 0 Å². The summed E-state index contributed by atoms with van der Waals surface area (Å²) in [7, 11) is 0. The van der Waals surface area contributed by atoms with Crippen LogP contribution in [0.1, 0.15) is 30.4 Å². The molecular weight excluding hydrogens is 247 g/mol. The summed E-state index contributed by atoms with van der Waals surface area (Å²) < 4.78 is 24.3. The molecule has 4 nitrogen and oxygen atoms in total. The maximum Gasteiger partial charge on any atom is 0.123 e. The first-order valence-corrected chi connectivity index (χ1v) is 6.49. The number of hydrogen-bond acceptors (Lipinski definition) is 3. The van der Waals surface area contributed by atoms with Crippen LogP contribution in [-0.4, -0.2) is 25.2 Å². The van der Waals surface area contributed by atoms with Crippen LogP contribution in [0.15, 0.2) is 18.2 Å². The van der Waals surface area contributed by atoms with Crippen molar-refractivity contribution in [2.75, 3.05) is 13.2 Å². The second kappa shape index (κ2) is 6.63. The van der Waals surface area contributed by atoms with E-state index in [-0.39, 0.29) is 11.9 Å². The number of amidine groups is 1. The normalized spacial score (nSPS) is 19.3. The van der Waals surface area contributed by atoms with Crippen molar-refractivity contribution in [3.05, 3.63) is 35.1 Å². The molecule has 5 heteroatoms. The monoisotopic (exact) mass is 266 g/mol. The molecule has 1 aromatic rings. The molecule has 0 bridgehead atoms. The van der Waals surface area contributed by atoms with Crippen LogP contribution in [-0.2, 0) is 16.1 Å². The van der Waals surface area contributed by atoms with Gasteiger partial charge in [0.1, 0.15) is 11.7 Å². The quantitative estimate of drug-likeness (QED) is 0.634. The molecule has 1 atom stereocenters. The average Bonchev–Trinajstić information content (AvgIpc) is 2.41. The van der Waals surface area contributed by atoms with Crippen LogP contribution in [0.2, 0.25) is 0 Å². The number of nitrogen functional groups attached to an aromatic ring is 1. The molecule has 0 spiro atoms. The van der Waals surface area contributed by atoms with Crippen molar-refractivity contribution in [1.29, 1.82) is 5.41 Å². The highest BCUT2D eigenvalue weighted by molar-refractivity contribution is 5.96. The Balaban J connectivity index is 1.89. The number of benzene rings is 1. The summed E-state index contributed by atoms with van der Waals surface area (Å²) in [6.07, 6.45) is 3.45. The van der Waals surface area contributed by atoms with Gasteiger partial charge in [0.25, 0.3) is 0 Å². The molecule has 0 radical (unpaired) electrons. The largest absolute Gasteiger partial charge is 0.384 e. The lowest BCUT2D eigenvalue weighted by molar-refractivity contribution is -0.0447. The molecule has 0 aromatic heterocycles. The van der Waals surface area contributed by atoms with Gasteiger partial charge < -0.3 is 15.2 Å². The second-order valence-corrected chi connectivity index (χ2v) is 4.72. The number of rotatable bonds is 5. The van der Waals surface area contributed by atoms with Gasteiger partial charge in [-0.3, -0.25) is 5.41 Å². The first kappa shape index (κ1) is 14.0. The minimum atomic E-state index is -0.399. The van der Waals surface area contributed by atoms with E-state index in [1.807, 2.05) is 0 Å². The van der Waals surface area contributed by atoms with Crippen LogP contribution in [0.4, 0.5) is 4.39 Å². The molecule has 19 heavy (non-hydrogen) atoms. The Kier molecular flexibility index (Phi) is 4.87. The van der Waals surface area contributed by atoms with Gasteiger partial charge in [0.05, 0.1) is 19.3 Å². The lowest BCUT2D eigenvalue weighted by Gasteiger charge is -2.22. The Hall–Kier alpha value is -1.46. The van der Waals surface area contributed by atoms with Gasteiger partial charge in [0.15, 0.2) is 0 Å². The Morgan fingerprint density at radius 3 is 3.00 bits per heavy atom. The minimum absolute atomic E-state index is 0.146. The molecule has 0 saturated carbocycles. The first-order chi connectivity index (χ1) is 9.16. The Morgan fingerprint density at radius 1 is 1.47 bits per heavy atom. The zero-order chi connectivity index (χ0) is 13.7. The molecule has 3 N–H and O–H groups in total. The molecule has 1 heterocycles. The molecule has 1 aliphatic rings. The highest BCUT2D eigenvalue weighted by Crippen LogP contribution is 2.15. The van der Waals surface area contributed by atoms with E-state index >= 15 is 0 Å². The third-order valence-electron chi connectivity index (χ3n) is 3.20. The first-order valence-electron chi connectivity index (χ1n) is 6.49. The summed E-state index contributed by atoms with van der Waals surface area (Å²) >= 11 is 0. The lowest BCUT2D eigenvalue weighted by Crippen LogP contribution is -2.24. The van der Waals surface area contributed by atoms with Crippen LogP contribution in [0.25, 0.3) is 0 Å². The number of hydrogen-bond donors (Lipinski definition) is 2. The zero-order valence-corrected chi connectivity index (χ0v) is 10.8. The molecule has 1 aliphatic heterocycles. The molecule has 0 amide bonds. The SMILES string of the molecule is N=C(N)c1cc(F)ccc1COCC1CCCCO1. The molecule has 1 fully saturated rings. The van der Waals surface area contributed by atoms with Crippen molar-refractivity contribution in [2.45, 2.75) is 32.0 Å². The zero-order valence-electron chi connectivity index (χ0n) is 10.8. The fraction of sp³-hybridized carbons (Fsp3) is 0.500. The van der Waals surface area contributed by atoms with E-state index in [1.54, 1.807) is 6.07 Å². The summed E-state index contributed by atoms with van der Waals surface area (Å²) in [5.41, 5.74) is 6.55. The van der Waals surface area contributed by atoms with Gasteiger partial charge in [-0.05, 0) is 37.0 Å². The summed E-state index contributed by atoms with van der Waals surface area (Å²) in [6.45, 7) is 1.63. The molecule has 1 saturated heterocycles. The van der Waals surface area contributed by atoms with Crippen molar-refractivity contribution in [2.24, 2.45) is 5.73 Å². The van der Waals surface area contributed by atoms with Crippen molar-refractivity contribution in [1.82, 2.24) is 0 Å². The predicted octanol–water partition coefficient (Wildman–Crippen LogP) is 2.20. The lowest BCUT2D eigenvalue weighted by atomic mass is 10.1. The molecule has 1 unspecified atom stereocenters. The number of nitrogens with one attached hydrogen (secondary N) is 1. The van der Waals surface area contributed by atoms with Gasteiger partial charge in [0, 0.05) is 12.2 Å². The molecule has 0 aliphatic carbocycles. The van der Waals surface area contributed by atoms with E-state index in [0.29, 0.717) is 18.8 Å². The standard InChI is InChI=1S/C14H19FN2O2/c15-11-5-4-10(13(7-11)14(16)17)8-18-9-12-3-1-2-6-19-12/h4-5,7,12H,1-3,6,8-9H2,(H3,16,17). The maximum absolute atomic E-state index is 13.1. The second-order valence-electron chi connectivity index (χ2n) is 4.72. The molecular formula is C14H19FN2O2. The topological polar surface area (TPSA) is 68.3 Å². The van der Waals surface area contributed by atoms with E-state index in [0.717, 1.165) is 25.0 Å². The summed E-state index contributed by atoms with van der Waals surface area (Å²) in [4.78, 5) is 0. The summed E-state index contributed by atoms with van der Waals surface area (Å²) in [5.74, 6) is -0.545. The van der Waals surface area contributed by atoms with E-state index in [2.05, 4.69) is 0 Å². The van der Waals surface area contributed by atoms with Crippen molar-refractivity contribution >= 4 is 5.84 Å². The number of ether oxygens (including phenoxy) is 2. The number of halogens is 1. The Bertz CT molecular complexity index is 445. The van der Waals surface area contributed by atoms with Gasteiger partial charge in [-0.1, -0.05) is 6.07 Å². The molecule has 104 valence electrons. The van der Waals surface area contributed by atoms with Gasteiger partial charge in [0.2, 0.25) is 0 Å². The van der Waals surface area contributed by atoms with Crippen molar-refractivity contribution < 1.29 is 13.9 Å². The predicted molar refractivity (Wildman–Crippen MR) is 70.7 cm³/mol. The highest BCUT2D eigenvalue weighted by Gasteiger charge is 2.14. The Morgan fingerprint density at radius 2 is 2.32 bits per heavy atom. The number of nitrogens with two attached hydrogens (primary N) is 1. The van der Waals surface area contributed by atoms with Crippen molar-refractivity contribution in [3.8, 4) is 0 Å².